The number of hydrogen-bond acceptors (Lipinski definition) is 4. The summed E-state index contributed by atoms with van der Waals surface area (Å²) in [7, 11) is 0. The van der Waals surface area contributed by atoms with Gasteiger partial charge in [0.2, 0.25) is 0 Å². The highest BCUT2D eigenvalue weighted by molar-refractivity contribution is 7.80. The van der Waals surface area contributed by atoms with Gasteiger partial charge in [0.25, 0.3) is 0 Å². The zero-order valence-electron chi connectivity index (χ0n) is 11.4. The minimum atomic E-state index is 0.103. The quantitative estimate of drug-likeness (QED) is 0.766. The topological polar surface area (TPSA) is 31.4 Å². The molecule has 0 N–H and O–H groups in total. The van der Waals surface area contributed by atoms with Gasteiger partial charge in [-0.3, -0.25) is 4.98 Å². The van der Waals surface area contributed by atoms with E-state index in [0.717, 1.165) is 17.3 Å². The highest BCUT2D eigenvalue weighted by atomic mass is 35.5. The Bertz CT molecular complexity index is 618. The molecular weight excluding hydrogens is 294 g/mol. The molecule has 0 bridgehead atoms. The Morgan fingerprint density at radius 2 is 2.20 bits per heavy atom. The predicted octanol–water partition coefficient (Wildman–Crippen LogP) is 4.41. The van der Waals surface area contributed by atoms with Crippen LogP contribution in [0.25, 0.3) is 10.9 Å². The molecule has 0 aliphatic rings. The van der Waals surface area contributed by atoms with Gasteiger partial charge in [-0.1, -0.05) is 18.5 Å². The third-order valence-corrected chi connectivity index (χ3v) is 3.48. The van der Waals surface area contributed by atoms with Crippen LogP contribution in [0.3, 0.4) is 0 Å². The first-order valence-corrected chi connectivity index (χ1v) is 7.26. The van der Waals surface area contributed by atoms with E-state index in [1.165, 1.54) is 0 Å². The van der Waals surface area contributed by atoms with Crippen LogP contribution in [0, 0.1) is 0 Å². The number of aromatic nitrogens is 1. The SMILES string of the molecule is CCC(C)OC(=S)COc1ccc(Cl)c2cccnc12. The van der Waals surface area contributed by atoms with Crippen molar-refractivity contribution in [2.24, 2.45) is 0 Å². The van der Waals surface area contributed by atoms with Crippen molar-refractivity contribution in [2.45, 2.75) is 26.4 Å². The van der Waals surface area contributed by atoms with E-state index >= 15 is 0 Å². The molecule has 0 spiro atoms. The summed E-state index contributed by atoms with van der Waals surface area (Å²) >= 11 is 11.3. The van der Waals surface area contributed by atoms with Gasteiger partial charge in [0, 0.05) is 11.6 Å². The van der Waals surface area contributed by atoms with Crippen molar-refractivity contribution in [1.29, 1.82) is 0 Å². The molecule has 2 aromatic rings. The lowest BCUT2D eigenvalue weighted by Crippen LogP contribution is -2.18. The van der Waals surface area contributed by atoms with Gasteiger partial charge in [-0.05, 0) is 49.8 Å². The summed E-state index contributed by atoms with van der Waals surface area (Å²) in [5, 5.41) is 1.96. The molecule has 5 heteroatoms. The molecular formula is C15H16ClNO2S. The molecule has 106 valence electrons. The van der Waals surface area contributed by atoms with Gasteiger partial charge < -0.3 is 9.47 Å². The van der Waals surface area contributed by atoms with Crippen LogP contribution in [0.4, 0.5) is 0 Å². The average molecular weight is 310 g/mol. The van der Waals surface area contributed by atoms with E-state index < -0.39 is 0 Å². The lowest BCUT2D eigenvalue weighted by molar-refractivity contribution is 0.191. The van der Waals surface area contributed by atoms with Gasteiger partial charge in [0.15, 0.2) is 11.7 Å². The van der Waals surface area contributed by atoms with Crippen LogP contribution < -0.4 is 4.74 Å². The minimum Gasteiger partial charge on any atom is -0.482 e. The Labute approximate surface area is 128 Å². The van der Waals surface area contributed by atoms with Crippen molar-refractivity contribution < 1.29 is 9.47 Å². The molecule has 0 saturated carbocycles. The van der Waals surface area contributed by atoms with Gasteiger partial charge in [0.05, 0.1) is 11.1 Å². The van der Waals surface area contributed by atoms with Gasteiger partial charge in [-0.15, -0.1) is 0 Å². The van der Waals surface area contributed by atoms with E-state index in [1.54, 1.807) is 18.3 Å². The van der Waals surface area contributed by atoms with Crippen molar-refractivity contribution >= 4 is 39.8 Å². The fourth-order valence-corrected chi connectivity index (χ4v) is 2.15. The summed E-state index contributed by atoms with van der Waals surface area (Å²) in [6.45, 7) is 4.25. The smallest absolute Gasteiger partial charge is 0.198 e. The number of fused-ring (bicyclic) bond motifs is 1. The standard InChI is InChI=1S/C15H16ClNO2S/c1-3-10(2)19-14(20)9-18-13-7-6-12(16)11-5-4-8-17-15(11)13/h4-8,10H,3,9H2,1-2H3. The summed E-state index contributed by atoms with van der Waals surface area (Å²) in [5.74, 6) is 0.653. The van der Waals surface area contributed by atoms with Gasteiger partial charge in [0.1, 0.15) is 11.3 Å². The van der Waals surface area contributed by atoms with E-state index in [4.69, 9.17) is 33.3 Å². The Balaban J connectivity index is 2.11. The summed E-state index contributed by atoms with van der Waals surface area (Å²) in [6.07, 6.45) is 2.72. The van der Waals surface area contributed by atoms with Crippen molar-refractivity contribution in [3.8, 4) is 5.75 Å². The molecule has 3 nitrogen and oxygen atoms in total. The second-order valence-corrected chi connectivity index (χ2v) is 5.31. The lowest BCUT2D eigenvalue weighted by Gasteiger charge is -2.14. The highest BCUT2D eigenvalue weighted by Gasteiger charge is 2.09. The zero-order chi connectivity index (χ0) is 14.5. The van der Waals surface area contributed by atoms with Gasteiger partial charge in [-0.2, -0.15) is 0 Å². The van der Waals surface area contributed by atoms with Crippen molar-refractivity contribution in [3.05, 3.63) is 35.5 Å². The Morgan fingerprint density at radius 1 is 1.40 bits per heavy atom. The number of halogens is 1. The molecule has 0 aliphatic carbocycles. The zero-order valence-corrected chi connectivity index (χ0v) is 13.0. The van der Waals surface area contributed by atoms with Crippen molar-refractivity contribution in [1.82, 2.24) is 4.98 Å². The molecule has 2 rings (SSSR count). The van der Waals surface area contributed by atoms with Crippen LogP contribution in [0.5, 0.6) is 5.75 Å². The van der Waals surface area contributed by atoms with Crippen LogP contribution >= 0.6 is 23.8 Å². The molecule has 1 aromatic carbocycles. The van der Waals surface area contributed by atoms with Crippen LogP contribution in [-0.2, 0) is 4.74 Å². The van der Waals surface area contributed by atoms with Crippen LogP contribution in [-0.4, -0.2) is 22.7 Å². The summed E-state index contributed by atoms with van der Waals surface area (Å²) in [6, 6.07) is 7.34. The van der Waals surface area contributed by atoms with Gasteiger partial charge in [-0.25, -0.2) is 0 Å². The number of nitrogens with zero attached hydrogens (tertiary/aromatic N) is 1. The number of rotatable bonds is 5. The van der Waals surface area contributed by atoms with E-state index in [9.17, 15) is 0 Å². The molecule has 0 radical (unpaired) electrons. The maximum atomic E-state index is 6.13. The van der Waals surface area contributed by atoms with Crippen LogP contribution in [0.1, 0.15) is 20.3 Å². The Morgan fingerprint density at radius 3 is 2.95 bits per heavy atom. The van der Waals surface area contributed by atoms with Crippen LogP contribution in [0.15, 0.2) is 30.5 Å². The molecule has 0 amide bonds. The number of thiocarbonyl (C=S) groups is 1. The summed E-state index contributed by atoms with van der Waals surface area (Å²) in [4.78, 5) is 4.30. The fourth-order valence-electron chi connectivity index (χ4n) is 1.71. The Kier molecular flexibility index (Phi) is 5.15. The molecule has 0 aliphatic heterocycles. The first-order valence-electron chi connectivity index (χ1n) is 6.47. The maximum Gasteiger partial charge on any atom is 0.198 e. The summed E-state index contributed by atoms with van der Waals surface area (Å²) < 4.78 is 11.2. The molecule has 1 heterocycles. The van der Waals surface area contributed by atoms with E-state index in [0.29, 0.717) is 15.8 Å². The number of benzene rings is 1. The molecule has 20 heavy (non-hydrogen) atoms. The van der Waals surface area contributed by atoms with E-state index in [-0.39, 0.29) is 12.7 Å². The molecule has 0 fully saturated rings. The number of hydrogen-bond donors (Lipinski definition) is 0. The number of ether oxygens (including phenoxy) is 2. The second kappa shape index (κ2) is 6.86. The van der Waals surface area contributed by atoms with Gasteiger partial charge >= 0.3 is 0 Å². The third-order valence-electron chi connectivity index (χ3n) is 2.93. The Hall–Kier alpha value is -1.39. The molecule has 1 aromatic heterocycles. The normalized spacial score (nSPS) is 12.2. The summed E-state index contributed by atoms with van der Waals surface area (Å²) in [5.41, 5.74) is 0.728. The van der Waals surface area contributed by atoms with Crippen molar-refractivity contribution in [3.63, 3.8) is 0 Å². The predicted molar refractivity (Wildman–Crippen MR) is 85.7 cm³/mol. The maximum absolute atomic E-state index is 6.13. The molecule has 1 unspecified atom stereocenters. The molecule has 0 saturated heterocycles. The monoisotopic (exact) mass is 309 g/mol. The largest absolute Gasteiger partial charge is 0.482 e. The number of pyridine rings is 1. The van der Waals surface area contributed by atoms with Crippen molar-refractivity contribution in [2.75, 3.05) is 6.61 Å². The average Bonchev–Trinajstić information content (AvgIpc) is 2.46. The highest BCUT2D eigenvalue weighted by Crippen LogP contribution is 2.29. The first-order chi connectivity index (χ1) is 9.61. The second-order valence-electron chi connectivity index (χ2n) is 4.44. The van der Waals surface area contributed by atoms with Crippen LogP contribution in [0.2, 0.25) is 5.02 Å². The fraction of sp³-hybridized carbons (Fsp3) is 0.333. The van der Waals surface area contributed by atoms with E-state index in [1.807, 2.05) is 26.0 Å². The minimum absolute atomic E-state index is 0.103. The molecule has 1 atom stereocenters. The lowest BCUT2D eigenvalue weighted by atomic mass is 10.2. The third kappa shape index (κ3) is 3.58. The first kappa shape index (κ1) is 15.0. The van der Waals surface area contributed by atoms with E-state index in [2.05, 4.69) is 4.98 Å².